The van der Waals surface area contributed by atoms with Gasteiger partial charge in [0.05, 0.1) is 6.61 Å². The van der Waals surface area contributed by atoms with Crippen LogP contribution in [0.5, 0.6) is 5.75 Å². The minimum absolute atomic E-state index is 0.295. The van der Waals surface area contributed by atoms with Crippen LogP contribution in [0.3, 0.4) is 0 Å². The molecule has 3 heteroatoms. The van der Waals surface area contributed by atoms with E-state index in [9.17, 15) is 4.39 Å². The number of rotatable bonds is 6. The Morgan fingerprint density at radius 2 is 1.79 bits per heavy atom. The van der Waals surface area contributed by atoms with Crippen molar-refractivity contribution < 1.29 is 9.13 Å². The van der Waals surface area contributed by atoms with Crippen LogP contribution in [0.15, 0.2) is 48.5 Å². The first-order valence-electron chi connectivity index (χ1n) is 6.30. The van der Waals surface area contributed by atoms with Crippen molar-refractivity contribution >= 4 is 15.9 Å². The summed E-state index contributed by atoms with van der Waals surface area (Å²) < 4.78 is 19.1. The van der Waals surface area contributed by atoms with Gasteiger partial charge in [0.25, 0.3) is 0 Å². The molecule has 0 bridgehead atoms. The second-order valence-corrected chi connectivity index (χ2v) is 4.90. The summed E-state index contributed by atoms with van der Waals surface area (Å²) in [6.07, 6.45) is 1.82. The highest BCUT2D eigenvalue weighted by molar-refractivity contribution is 9.08. The van der Waals surface area contributed by atoms with E-state index in [0.717, 1.165) is 18.4 Å². The fourth-order valence-electron chi connectivity index (χ4n) is 1.85. The molecule has 0 aliphatic carbocycles. The van der Waals surface area contributed by atoms with Crippen molar-refractivity contribution in [3.63, 3.8) is 0 Å². The van der Waals surface area contributed by atoms with Crippen LogP contribution in [0, 0.1) is 5.82 Å². The number of hydrogen-bond donors (Lipinski definition) is 0. The number of hydrogen-bond acceptors (Lipinski definition) is 1. The van der Waals surface area contributed by atoms with E-state index in [1.54, 1.807) is 6.07 Å². The monoisotopic (exact) mass is 322 g/mol. The summed E-state index contributed by atoms with van der Waals surface area (Å²) in [4.78, 5) is 0. The van der Waals surface area contributed by atoms with E-state index in [1.807, 2.05) is 24.3 Å². The number of aryl methyl sites for hydroxylation is 1. The van der Waals surface area contributed by atoms with E-state index in [4.69, 9.17) is 4.74 Å². The smallest absolute Gasteiger partial charge is 0.165 e. The second-order valence-electron chi connectivity index (χ2n) is 4.34. The molecule has 1 nitrogen and oxygen atoms in total. The predicted octanol–water partition coefficient (Wildman–Crippen LogP) is 4.73. The Morgan fingerprint density at radius 3 is 2.47 bits per heavy atom. The molecule has 0 aliphatic heterocycles. The molecule has 0 saturated heterocycles. The highest BCUT2D eigenvalue weighted by Crippen LogP contribution is 2.20. The van der Waals surface area contributed by atoms with Crippen LogP contribution in [0.4, 0.5) is 4.39 Å². The zero-order valence-corrected chi connectivity index (χ0v) is 12.2. The summed E-state index contributed by atoms with van der Waals surface area (Å²) in [7, 11) is 0. The van der Waals surface area contributed by atoms with Crippen molar-refractivity contribution in [3.05, 3.63) is 65.5 Å². The van der Waals surface area contributed by atoms with E-state index >= 15 is 0 Å². The molecule has 0 atom stereocenters. The van der Waals surface area contributed by atoms with Crippen LogP contribution in [0.1, 0.15) is 17.5 Å². The van der Waals surface area contributed by atoms with E-state index < -0.39 is 0 Å². The van der Waals surface area contributed by atoms with Crippen molar-refractivity contribution in [2.75, 3.05) is 6.61 Å². The molecule has 0 aromatic heterocycles. The molecule has 0 heterocycles. The largest absolute Gasteiger partial charge is 0.491 e. The van der Waals surface area contributed by atoms with Gasteiger partial charge in [-0.2, -0.15) is 0 Å². The van der Waals surface area contributed by atoms with Crippen molar-refractivity contribution in [1.29, 1.82) is 0 Å². The molecule has 0 N–H and O–H groups in total. The molecule has 0 spiro atoms. The van der Waals surface area contributed by atoms with Crippen LogP contribution in [-0.2, 0) is 11.8 Å². The molecular weight excluding hydrogens is 307 g/mol. The molecule has 0 unspecified atom stereocenters. The fraction of sp³-hybridized carbons (Fsp3) is 0.250. The first-order chi connectivity index (χ1) is 9.29. The van der Waals surface area contributed by atoms with Gasteiger partial charge in [0.15, 0.2) is 11.6 Å². The van der Waals surface area contributed by atoms with Crippen LogP contribution in [-0.4, -0.2) is 6.61 Å². The lowest BCUT2D eigenvalue weighted by Gasteiger charge is -2.08. The van der Waals surface area contributed by atoms with Crippen LogP contribution < -0.4 is 4.74 Å². The van der Waals surface area contributed by atoms with Gasteiger partial charge in [-0.25, -0.2) is 4.39 Å². The van der Waals surface area contributed by atoms with Gasteiger partial charge in [-0.15, -0.1) is 0 Å². The number of alkyl halides is 1. The maximum atomic E-state index is 13.6. The maximum Gasteiger partial charge on any atom is 0.165 e. The quantitative estimate of drug-likeness (QED) is 0.551. The van der Waals surface area contributed by atoms with Gasteiger partial charge in [-0.05, 0) is 36.1 Å². The Morgan fingerprint density at radius 1 is 1.00 bits per heavy atom. The SMILES string of the molecule is Fc1cc(CBr)ccc1OCCCc1ccccc1. The van der Waals surface area contributed by atoms with Crippen LogP contribution in [0.25, 0.3) is 0 Å². The third-order valence-electron chi connectivity index (χ3n) is 2.86. The van der Waals surface area contributed by atoms with Crippen molar-refractivity contribution in [2.24, 2.45) is 0 Å². The molecule has 0 saturated carbocycles. The van der Waals surface area contributed by atoms with Crippen LogP contribution >= 0.6 is 15.9 Å². The van der Waals surface area contributed by atoms with Gasteiger partial charge in [-0.1, -0.05) is 52.3 Å². The molecule has 2 aromatic rings. The third-order valence-corrected chi connectivity index (χ3v) is 3.51. The van der Waals surface area contributed by atoms with Gasteiger partial charge in [0.2, 0.25) is 0 Å². The lowest BCUT2D eigenvalue weighted by molar-refractivity contribution is 0.295. The summed E-state index contributed by atoms with van der Waals surface area (Å²) in [5.41, 5.74) is 2.19. The number of benzene rings is 2. The first kappa shape index (κ1) is 14.1. The standard InChI is InChI=1S/C16H16BrFO/c17-12-14-8-9-16(15(18)11-14)19-10-4-7-13-5-2-1-3-6-13/h1-3,5-6,8-9,11H,4,7,10,12H2. The Bertz CT molecular complexity index is 513. The van der Waals surface area contributed by atoms with Gasteiger partial charge >= 0.3 is 0 Å². The van der Waals surface area contributed by atoms with Gasteiger partial charge in [0, 0.05) is 5.33 Å². The average molecular weight is 323 g/mol. The maximum absolute atomic E-state index is 13.6. The molecule has 19 heavy (non-hydrogen) atoms. The third kappa shape index (κ3) is 4.35. The Hall–Kier alpha value is -1.35. The summed E-state index contributed by atoms with van der Waals surface area (Å²) in [6, 6.07) is 15.3. The average Bonchev–Trinajstić information content (AvgIpc) is 2.46. The lowest BCUT2D eigenvalue weighted by Crippen LogP contribution is -2.01. The summed E-state index contributed by atoms with van der Waals surface area (Å²) in [6.45, 7) is 0.527. The molecular formula is C16H16BrFO. The van der Waals surface area contributed by atoms with Gasteiger partial charge < -0.3 is 4.74 Å². The number of ether oxygens (including phenoxy) is 1. The van der Waals surface area contributed by atoms with Crippen molar-refractivity contribution in [1.82, 2.24) is 0 Å². The zero-order chi connectivity index (χ0) is 13.5. The molecule has 0 radical (unpaired) electrons. The highest BCUT2D eigenvalue weighted by atomic mass is 79.9. The van der Waals surface area contributed by atoms with Crippen LogP contribution in [0.2, 0.25) is 0 Å². The highest BCUT2D eigenvalue weighted by Gasteiger charge is 2.04. The molecule has 2 aromatic carbocycles. The van der Waals surface area contributed by atoms with E-state index in [1.165, 1.54) is 11.6 Å². The molecule has 100 valence electrons. The molecule has 2 rings (SSSR count). The lowest BCUT2D eigenvalue weighted by atomic mass is 10.1. The summed E-state index contributed by atoms with van der Waals surface area (Å²) in [5.74, 6) is 0.0365. The topological polar surface area (TPSA) is 9.23 Å². The fourth-order valence-corrected chi connectivity index (χ4v) is 2.20. The van der Waals surface area contributed by atoms with E-state index in [0.29, 0.717) is 17.7 Å². The van der Waals surface area contributed by atoms with Gasteiger partial charge in [-0.3, -0.25) is 0 Å². The summed E-state index contributed by atoms with van der Waals surface area (Å²) >= 11 is 3.30. The normalized spacial score (nSPS) is 10.4. The Kier molecular flexibility index (Phi) is 5.40. The Balaban J connectivity index is 1.80. The minimum atomic E-state index is -0.295. The van der Waals surface area contributed by atoms with E-state index in [-0.39, 0.29) is 5.82 Å². The predicted molar refractivity (Wildman–Crippen MR) is 79.3 cm³/mol. The molecule has 0 aliphatic rings. The van der Waals surface area contributed by atoms with Gasteiger partial charge in [0.1, 0.15) is 0 Å². The first-order valence-corrected chi connectivity index (χ1v) is 7.43. The van der Waals surface area contributed by atoms with Crippen molar-refractivity contribution in [3.8, 4) is 5.75 Å². The van der Waals surface area contributed by atoms with Crippen molar-refractivity contribution in [2.45, 2.75) is 18.2 Å². The summed E-state index contributed by atoms with van der Waals surface area (Å²) in [5, 5.41) is 0.651. The number of halogens is 2. The minimum Gasteiger partial charge on any atom is -0.491 e. The second kappa shape index (κ2) is 7.29. The molecule has 0 fully saturated rings. The molecule has 0 amide bonds. The van der Waals surface area contributed by atoms with E-state index in [2.05, 4.69) is 28.1 Å². The zero-order valence-electron chi connectivity index (χ0n) is 10.6. The Labute approximate surface area is 121 Å².